The summed E-state index contributed by atoms with van der Waals surface area (Å²) >= 11 is 0. The van der Waals surface area contributed by atoms with E-state index in [0.29, 0.717) is 11.1 Å². The summed E-state index contributed by atoms with van der Waals surface area (Å²) in [5, 5.41) is 15.0. The molecule has 0 bridgehead atoms. The maximum atomic E-state index is 13.5. The Morgan fingerprint density at radius 3 is 2.47 bits per heavy atom. The molecule has 1 atom stereocenters. The Morgan fingerprint density at radius 1 is 0.944 bits per heavy atom. The Balaban J connectivity index is 1.34. The summed E-state index contributed by atoms with van der Waals surface area (Å²) in [6, 6.07) is 20.7. The van der Waals surface area contributed by atoms with Crippen molar-refractivity contribution >= 4 is 11.8 Å². The van der Waals surface area contributed by atoms with Crippen LogP contribution in [0.2, 0.25) is 0 Å². The summed E-state index contributed by atoms with van der Waals surface area (Å²) in [6.45, 7) is 1.84. The third-order valence-corrected chi connectivity index (χ3v) is 6.14. The monoisotopic (exact) mass is 477 g/mol. The number of carbonyl (C=O) groups is 2. The van der Waals surface area contributed by atoms with E-state index >= 15 is 0 Å². The molecule has 1 heterocycles. The average molecular weight is 477 g/mol. The highest BCUT2D eigenvalue weighted by molar-refractivity contribution is 5.98. The second-order valence-corrected chi connectivity index (χ2v) is 8.46. The Kier molecular flexibility index (Phi) is 5.97. The molecule has 0 aliphatic heterocycles. The first kappa shape index (κ1) is 22.9. The van der Waals surface area contributed by atoms with Crippen molar-refractivity contribution in [2.24, 2.45) is 0 Å². The van der Waals surface area contributed by atoms with Gasteiger partial charge in [0.2, 0.25) is 0 Å². The Bertz CT molecular complexity index is 1560. The van der Waals surface area contributed by atoms with E-state index < -0.39 is 17.9 Å². The molecule has 36 heavy (non-hydrogen) atoms. The largest absolute Gasteiger partial charge is 0.347 e. The summed E-state index contributed by atoms with van der Waals surface area (Å²) in [4.78, 5) is 33.8. The lowest BCUT2D eigenvalue weighted by atomic mass is 10.0. The van der Waals surface area contributed by atoms with Gasteiger partial charge in [0.1, 0.15) is 23.5 Å². The minimum Gasteiger partial charge on any atom is -0.347 e. The smallest absolute Gasteiger partial charge is 0.270 e. The van der Waals surface area contributed by atoms with Crippen molar-refractivity contribution in [1.82, 2.24) is 20.6 Å². The number of amides is 2. The topological polar surface area (TPSA) is 108 Å². The molecule has 0 unspecified atom stereocenters. The van der Waals surface area contributed by atoms with Gasteiger partial charge in [-0.05, 0) is 58.5 Å². The molecule has 0 saturated heterocycles. The third-order valence-electron chi connectivity index (χ3n) is 6.14. The molecule has 7 nitrogen and oxygen atoms in total. The van der Waals surface area contributed by atoms with Gasteiger partial charge in [0.25, 0.3) is 11.8 Å². The molecule has 4 aromatic rings. The molecule has 0 radical (unpaired) electrons. The van der Waals surface area contributed by atoms with Crippen LogP contribution in [0, 0.1) is 24.1 Å². The second-order valence-electron chi connectivity index (χ2n) is 8.46. The van der Waals surface area contributed by atoms with Crippen LogP contribution in [0.1, 0.15) is 54.8 Å². The van der Waals surface area contributed by atoms with Crippen LogP contribution in [-0.2, 0) is 6.54 Å². The number of aromatic nitrogens is 2. The van der Waals surface area contributed by atoms with Gasteiger partial charge in [-0.1, -0.05) is 42.5 Å². The van der Waals surface area contributed by atoms with E-state index in [4.69, 9.17) is 0 Å². The molecule has 0 spiro atoms. The number of halogens is 1. The molecule has 8 heteroatoms. The average Bonchev–Trinajstić information content (AvgIpc) is 3.22. The van der Waals surface area contributed by atoms with Crippen LogP contribution < -0.4 is 10.6 Å². The van der Waals surface area contributed by atoms with Crippen LogP contribution in [0.4, 0.5) is 4.39 Å². The van der Waals surface area contributed by atoms with Gasteiger partial charge in [-0.2, -0.15) is 5.26 Å². The summed E-state index contributed by atoms with van der Waals surface area (Å²) in [7, 11) is 0. The fourth-order valence-corrected chi connectivity index (χ4v) is 4.33. The van der Waals surface area contributed by atoms with E-state index in [1.807, 2.05) is 36.4 Å². The fraction of sp³-hybridized carbons (Fsp3) is 0.107. The SMILES string of the molecule is Cc1cc(CNC(=O)c2cc(C(=O)N[C@H]3c4ccccc4-c4cc(C#N)ccc43)ncn2)ccc1F. The van der Waals surface area contributed by atoms with Crippen LogP contribution in [-0.4, -0.2) is 21.8 Å². The van der Waals surface area contributed by atoms with Gasteiger partial charge < -0.3 is 10.6 Å². The molecule has 0 fully saturated rings. The third kappa shape index (κ3) is 4.30. The van der Waals surface area contributed by atoms with E-state index in [1.165, 1.54) is 18.5 Å². The molecular formula is C28H20FN5O2. The molecule has 176 valence electrons. The van der Waals surface area contributed by atoms with Gasteiger partial charge in [0.05, 0.1) is 17.7 Å². The first-order valence-corrected chi connectivity index (χ1v) is 11.2. The molecule has 0 saturated carbocycles. The van der Waals surface area contributed by atoms with Crippen LogP contribution >= 0.6 is 0 Å². The maximum Gasteiger partial charge on any atom is 0.270 e. The number of nitriles is 1. The minimum absolute atomic E-state index is 0.0415. The zero-order valence-corrected chi connectivity index (χ0v) is 19.2. The lowest BCUT2D eigenvalue weighted by molar-refractivity contribution is 0.0938. The molecule has 2 N–H and O–H groups in total. The van der Waals surface area contributed by atoms with E-state index in [-0.39, 0.29) is 23.7 Å². The van der Waals surface area contributed by atoms with Crippen LogP contribution in [0.25, 0.3) is 11.1 Å². The van der Waals surface area contributed by atoms with Crippen molar-refractivity contribution in [3.05, 3.63) is 118 Å². The van der Waals surface area contributed by atoms with E-state index in [9.17, 15) is 19.2 Å². The van der Waals surface area contributed by atoms with Crippen molar-refractivity contribution in [2.75, 3.05) is 0 Å². The number of fused-ring (bicyclic) bond motifs is 3. The maximum absolute atomic E-state index is 13.5. The minimum atomic E-state index is -0.478. The number of carbonyl (C=O) groups excluding carboxylic acids is 2. The van der Waals surface area contributed by atoms with Crippen LogP contribution in [0.5, 0.6) is 0 Å². The van der Waals surface area contributed by atoms with Gasteiger partial charge in [0, 0.05) is 12.6 Å². The van der Waals surface area contributed by atoms with Crippen molar-refractivity contribution in [1.29, 1.82) is 5.26 Å². The highest BCUT2D eigenvalue weighted by Crippen LogP contribution is 2.43. The zero-order chi connectivity index (χ0) is 25.2. The van der Waals surface area contributed by atoms with Gasteiger partial charge in [-0.15, -0.1) is 0 Å². The summed E-state index contributed by atoms with van der Waals surface area (Å²) in [6.07, 6.45) is 1.17. The fourth-order valence-electron chi connectivity index (χ4n) is 4.33. The first-order chi connectivity index (χ1) is 17.4. The molecule has 1 aromatic heterocycles. The Labute approximate surface area is 206 Å². The standard InChI is InChI=1S/C28H20FN5O2/c1-16-10-18(7-9-23(16)29)14-31-27(35)24-12-25(33-15-32-24)28(36)34-26-20-5-3-2-4-19(20)22-11-17(13-30)6-8-21(22)26/h2-12,15,26H,14H2,1H3,(H,31,35)(H,34,36)/t26-/m0/s1. The van der Waals surface area contributed by atoms with E-state index in [1.54, 1.807) is 25.1 Å². The van der Waals surface area contributed by atoms with Crippen molar-refractivity contribution in [3.63, 3.8) is 0 Å². The molecule has 5 rings (SSSR count). The number of nitrogens with one attached hydrogen (secondary N) is 2. The quantitative estimate of drug-likeness (QED) is 0.447. The van der Waals surface area contributed by atoms with Crippen LogP contribution in [0.3, 0.4) is 0 Å². The summed E-state index contributed by atoms with van der Waals surface area (Å²) in [5.74, 6) is -1.25. The number of hydrogen-bond acceptors (Lipinski definition) is 5. The van der Waals surface area contributed by atoms with Crippen molar-refractivity contribution in [2.45, 2.75) is 19.5 Å². The Morgan fingerprint density at radius 2 is 1.69 bits per heavy atom. The van der Waals surface area contributed by atoms with Crippen LogP contribution in [0.15, 0.2) is 73.1 Å². The normalized spacial score (nSPS) is 13.3. The lowest BCUT2D eigenvalue weighted by Crippen LogP contribution is -2.30. The van der Waals surface area contributed by atoms with Crippen molar-refractivity contribution in [3.8, 4) is 17.2 Å². The Hall–Kier alpha value is -4.90. The van der Waals surface area contributed by atoms with E-state index in [2.05, 4.69) is 26.7 Å². The second kappa shape index (κ2) is 9.39. The predicted molar refractivity (Wildman–Crippen MR) is 130 cm³/mol. The molecular weight excluding hydrogens is 457 g/mol. The molecule has 3 aromatic carbocycles. The molecule has 2 amide bonds. The van der Waals surface area contributed by atoms with Gasteiger partial charge in [-0.25, -0.2) is 14.4 Å². The molecule has 1 aliphatic rings. The number of nitrogens with zero attached hydrogens (tertiary/aromatic N) is 3. The van der Waals surface area contributed by atoms with Gasteiger partial charge in [-0.3, -0.25) is 9.59 Å². The lowest BCUT2D eigenvalue weighted by Gasteiger charge is -2.16. The highest BCUT2D eigenvalue weighted by atomic mass is 19.1. The summed E-state index contributed by atoms with van der Waals surface area (Å²) < 4.78 is 13.5. The number of rotatable bonds is 5. The number of benzene rings is 3. The molecule has 1 aliphatic carbocycles. The first-order valence-electron chi connectivity index (χ1n) is 11.2. The summed E-state index contributed by atoms with van der Waals surface area (Å²) in [5.41, 5.74) is 5.50. The number of aryl methyl sites for hydroxylation is 1. The predicted octanol–water partition coefficient (Wildman–Crippen LogP) is 4.23. The highest BCUT2D eigenvalue weighted by Gasteiger charge is 2.30. The van der Waals surface area contributed by atoms with Gasteiger partial charge >= 0.3 is 0 Å². The number of hydrogen-bond donors (Lipinski definition) is 2. The van der Waals surface area contributed by atoms with E-state index in [0.717, 1.165) is 27.8 Å². The zero-order valence-electron chi connectivity index (χ0n) is 19.2. The van der Waals surface area contributed by atoms with Crippen molar-refractivity contribution < 1.29 is 14.0 Å². The van der Waals surface area contributed by atoms with Gasteiger partial charge in [0.15, 0.2) is 0 Å².